The molecule has 8 heteroatoms. The average molecular weight is 477 g/mol. The molecule has 0 aliphatic carbocycles. The second-order valence-electron chi connectivity index (χ2n) is 7.72. The molecule has 1 saturated heterocycles. The third kappa shape index (κ3) is 5.47. The molecule has 1 aromatic heterocycles. The van der Waals surface area contributed by atoms with Crippen molar-refractivity contribution < 1.29 is 13.2 Å². The molecule has 2 heterocycles. The molecule has 164 valence electrons. The largest absolute Gasteiger partial charge is 0.489 e. The monoisotopic (exact) mass is 476 g/mol. The molecular formula is C23H25ClN2O3S2. The first-order valence-corrected chi connectivity index (χ1v) is 13.2. The maximum Gasteiger partial charge on any atom is 0.184 e. The molecule has 0 radical (unpaired) electrons. The van der Waals surface area contributed by atoms with Crippen molar-refractivity contribution in [2.75, 3.05) is 13.1 Å². The van der Waals surface area contributed by atoms with Gasteiger partial charge in [0.15, 0.2) is 9.84 Å². The molecule has 4 rings (SSSR count). The van der Waals surface area contributed by atoms with Crippen molar-refractivity contribution in [1.82, 2.24) is 9.88 Å². The molecular weight excluding hydrogens is 452 g/mol. The molecule has 5 nitrogen and oxygen atoms in total. The first kappa shape index (κ1) is 22.3. The summed E-state index contributed by atoms with van der Waals surface area (Å²) < 4.78 is 31.4. The van der Waals surface area contributed by atoms with Crippen LogP contribution in [0, 0.1) is 0 Å². The van der Waals surface area contributed by atoms with Crippen molar-refractivity contribution in [3.8, 4) is 5.75 Å². The zero-order valence-electron chi connectivity index (χ0n) is 17.3. The fraction of sp³-hybridized carbons (Fsp3) is 0.348. The van der Waals surface area contributed by atoms with E-state index in [-0.39, 0.29) is 16.8 Å². The van der Waals surface area contributed by atoms with Crippen molar-refractivity contribution in [2.45, 2.75) is 42.6 Å². The minimum absolute atomic E-state index is 0.0644. The zero-order chi connectivity index (χ0) is 21.8. The van der Waals surface area contributed by atoms with Crippen molar-refractivity contribution in [1.29, 1.82) is 0 Å². The molecule has 0 amide bonds. The van der Waals surface area contributed by atoms with E-state index < -0.39 is 9.84 Å². The molecule has 1 aliphatic rings. The lowest BCUT2D eigenvalue weighted by molar-refractivity contribution is 0.0797. The summed E-state index contributed by atoms with van der Waals surface area (Å²) >= 11 is 7.71. The minimum Gasteiger partial charge on any atom is -0.489 e. The predicted octanol–water partition coefficient (Wildman–Crippen LogP) is 5.37. The van der Waals surface area contributed by atoms with E-state index in [1.54, 1.807) is 23.7 Å². The van der Waals surface area contributed by atoms with E-state index in [2.05, 4.69) is 41.1 Å². The summed E-state index contributed by atoms with van der Waals surface area (Å²) in [6.45, 7) is 4.12. The molecule has 0 spiro atoms. The fourth-order valence-electron chi connectivity index (χ4n) is 3.84. The minimum atomic E-state index is -3.50. The summed E-state index contributed by atoms with van der Waals surface area (Å²) in [6.07, 6.45) is 3.47. The topological polar surface area (TPSA) is 59.5 Å². The molecule has 1 aliphatic heterocycles. The van der Waals surface area contributed by atoms with E-state index >= 15 is 0 Å². The Labute approximate surface area is 192 Å². The third-order valence-corrected chi connectivity index (χ3v) is 8.54. The smallest absolute Gasteiger partial charge is 0.184 e. The molecule has 3 aromatic rings. The summed E-state index contributed by atoms with van der Waals surface area (Å²) in [5, 5.41) is 2.65. The first-order chi connectivity index (χ1) is 14.9. The van der Waals surface area contributed by atoms with Gasteiger partial charge in [0.05, 0.1) is 9.92 Å². The Morgan fingerprint density at radius 3 is 2.58 bits per heavy atom. The number of rotatable bonds is 7. The number of nitrogens with zero attached hydrogens (tertiary/aromatic N) is 2. The number of benzene rings is 2. The maximum atomic E-state index is 12.6. The number of thiazole rings is 1. The standard InChI is InChI=1S/C23H25ClN2O3S2/c1-17(18-5-3-2-4-6-18)26-12-9-19(10-13-26)29-22-8-7-20(15-21(22)24)31(27,28)16-23-25-11-14-30-23/h2-8,11,14-15,17,19H,9-10,12-13,16H2,1H3/t17-/m1/s1. The summed E-state index contributed by atoms with van der Waals surface area (Å²) in [6, 6.07) is 15.6. The first-order valence-electron chi connectivity index (χ1n) is 10.3. The van der Waals surface area contributed by atoms with Gasteiger partial charge in [-0.15, -0.1) is 11.3 Å². The van der Waals surface area contributed by atoms with Gasteiger partial charge in [-0.1, -0.05) is 41.9 Å². The number of likely N-dealkylation sites (tertiary alicyclic amines) is 1. The van der Waals surface area contributed by atoms with E-state index in [9.17, 15) is 8.42 Å². The maximum absolute atomic E-state index is 12.6. The Hall–Kier alpha value is -1.93. The number of aromatic nitrogens is 1. The van der Waals surface area contributed by atoms with Crippen molar-refractivity contribution in [3.63, 3.8) is 0 Å². The van der Waals surface area contributed by atoms with E-state index in [0.717, 1.165) is 25.9 Å². The Morgan fingerprint density at radius 2 is 1.94 bits per heavy atom. The lowest BCUT2D eigenvalue weighted by Crippen LogP contribution is -2.39. The summed E-state index contributed by atoms with van der Waals surface area (Å²) in [7, 11) is -3.50. The second-order valence-corrected chi connectivity index (χ2v) is 11.1. The molecule has 1 fully saturated rings. The SMILES string of the molecule is C[C@H](c1ccccc1)N1CCC(Oc2ccc(S(=O)(=O)Cc3nccs3)cc2Cl)CC1. The van der Waals surface area contributed by atoms with E-state index in [4.69, 9.17) is 16.3 Å². The number of ether oxygens (including phenoxy) is 1. The Kier molecular flexibility index (Phi) is 6.96. The van der Waals surface area contributed by atoms with Gasteiger partial charge < -0.3 is 4.74 Å². The zero-order valence-corrected chi connectivity index (χ0v) is 19.7. The van der Waals surface area contributed by atoms with Gasteiger partial charge in [0, 0.05) is 30.7 Å². The Bertz CT molecular complexity index is 1100. The Morgan fingerprint density at radius 1 is 1.19 bits per heavy atom. The average Bonchev–Trinajstić information content (AvgIpc) is 3.28. The number of halogens is 1. The fourth-order valence-corrected chi connectivity index (χ4v) is 6.41. The van der Waals surface area contributed by atoms with Crippen molar-refractivity contribution in [3.05, 3.63) is 75.7 Å². The van der Waals surface area contributed by atoms with E-state index in [0.29, 0.717) is 21.8 Å². The molecule has 31 heavy (non-hydrogen) atoms. The van der Waals surface area contributed by atoms with Crippen molar-refractivity contribution >= 4 is 32.8 Å². The van der Waals surface area contributed by atoms with Crippen molar-refractivity contribution in [2.24, 2.45) is 0 Å². The molecule has 0 bridgehead atoms. The van der Waals surface area contributed by atoms with Gasteiger partial charge in [-0.25, -0.2) is 13.4 Å². The van der Waals surface area contributed by atoms with Crippen LogP contribution in [0.15, 0.2) is 65.0 Å². The van der Waals surface area contributed by atoms with Crippen LogP contribution in [0.25, 0.3) is 0 Å². The van der Waals surface area contributed by atoms with Crippen LogP contribution >= 0.6 is 22.9 Å². The van der Waals surface area contributed by atoms with Crippen LogP contribution in [0.1, 0.15) is 36.4 Å². The second kappa shape index (κ2) is 9.69. The van der Waals surface area contributed by atoms with Crippen LogP contribution < -0.4 is 4.74 Å². The van der Waals surface area contributed by atoms with Crippen LogP contribution in [0.2, 0.25) is 5.02 Å². The highest BCUT2D eigenvalue weighted by molar-refractivity contribution is 7.90. The highest BCUT2D eigenvalue weighted by atomic mass is 35.5. The molecule has 0 N–H and O–H groups in total. The van der Waals surface area contributed by atoms with Gasteiger partial charge in [-0.05, 0) is 43.5 Å². The van der Waals surface area contributed by atoms with Crippen LogP contribution in [0.5, 0.6) is 5.75 Å². The van der Waals surface area contributed by atoms with Gasteiger partial charge in [-0.2, -0.15) is 0 Å². The quantitative estimate of drug-likeness (QED) is 0.458. The lowest BCUT2D eigenvalue weighted by atomic mass is 10.0. The number of hydrogen-bond donors (Lipinski definition) is 0. The molecule has 0 saturated carbocycles. The van der Waals surface area contributed by atoms with E-state index in [1.807, 2.05) is 6.07 Å². The van der Waals surface area contributed by atoms with Gasteiger partial charge in [0.2, 0.25) is 0 Å². The molecule has 2 aromatic carbocycles. The lowest BCUT2D eigenvalue weighted by Gasteiger charge is -2.36. The highest BCUT2D eigenvalue weighted by Crippen LogP contribution is 2.32. The van der Waals surface area contributed by atoms with Gasteiger partial charge in [0.25, 0.3) is 0 Å². The normalized spacial score (nSPS) is 16.8. The van der Waals surface area contributed by atoms with Crippen LogP contribution in [-0.2, 0) is 15.6 Å². The summed E-state index contributed by atoms with van der Waals surface area (Å²) in [4.78, 5) is 6.71. The van der Waals surface area contributed by atoms with Crippen LogP contribution in [-0.4, -0.2) is 37.5 Å². The number of piperidine rings is 1. The predicted molar refractivity (Wildman–Crippen MR) is 125 cm³/mol. The molecule has 1 atom stereocenters. The van der Waals surface area contributed by atoms with Crippen LogP contribution in [0.4, 0.5) is 0 Å². The number of hydrogen-bond acceptors (Lipinski definition) is 6. The van der Waals surface area contributed by atoms with Gasteiger partial charge in [0.1, 0.15) is 22.6 Å². The van der Waals surface area contributed by atoms with E-state index in [1.165, 1.54) is 23.0 Å². The van der Waals surface area contributed by atoms with Gasteiger partial charge >= 0.3 is 0 Å². The number of sulfone groups is 1. The Balaban J connectivity index is 1.36. The highest BCUT2D eigenvalue weighted by Gasteiger charge is 2.25. The third-order valence-electron chi connectivity index (χ3n) is 5.66. The molecule has 0 unspecified atom stereocenters. The summed E-state index contributed by atoms with van der Waals surface area (Å²) in [5.41, 5.74) is 1.32. The summed E-state index contributed by atoms with van der Waals surface area (Å²) in [5.74, 6) is 0.406. The van der Waals surface area contributed by atoms with Gasteiger partial charge in [-0.3, -0.25) is 4.90 Å². The van der Waals surface area contributed by atoms with Crippen LogP contribution in [0.3, 0.4) is 0 Å².